The fourth-order valence-corrected chi connectivity index (χ4v) is 6.51. The van der Waals surface area contributed by atoms with Gasteiger partial charge >= 0.3 is 0 Å². The van der Waals surface area contributed by atoms with Crippen molar-refractivity contribution in [2.75, 3.05) is 0 Å². The summed E-state index contributed by atoms with van der Waals surface area (Å²) in [7, 11) is 0. The summed E-state index contributed by atoms with van der Waals surface area (Å²) in [6, 6.07) is 18.7. The predicted molar refractivity (Wildman–Crippen MR) is 143 cm³/mol. The Balaban J connectivity index is 1.06. The molecule has 1 saturated carbocycles. The van der Waals surface area contributed by atoms with Gasteiger partial charge in [-0.2, -0.15) is 5.10 Å². The summed E-state index contributed by atoms with van der Waals surface area (Å²) in [6.45, 7) is 2.18. The number of piperidine rings is 1. The first-order valence-corrected chi connectivity index (χ1v) is 13.6. The molecule has 5 nitrogen and oxygen atoms in total. The number of rotatable bonds is 7. The van der Waals surface area contributed by atoms with E-state index in [1.54, 1.807) is 0 Å². The van der Waals surface area contributed by atoms with Crippen LogP contribution in [0.3, 0.4) is 0 Å². The van der Waals surface area contributed by atoms with Crippen molar-refractivity contribution in [1.82, 2.24) is 19.9 Å². The summed E-state index contributed by atoms with van der Waals surface area (Å²) in [5.74, 6) is 1.80. The van der Waals surface area contributed by atoms with Crippen molar-refractivity contribution in [2.45, 2.75) is 76.0 Å². The Hall–Kier alpha value is -3.18. The molecule has 1 aliphatic carbocycles. The molecule has 2 aliphatic heterocycles. The molecule has 1 N–H and O–H groups in total. The SMILES string of the molecule is CCc1cccc(-c2cnn3cc(-c4ccc(OC5(CC6CC7CCC(C6)N7)CC5)cc4)cnc23)c1. The summed E-state index contributed by atoms with van der Waals surface area (Å²) in [4.78, 5) is 4.79. The van der Waals surface area contributed by atoms with Crippen LogP contribution in [0.5, 0.6) is 5.75 Å². The largest absolute Gasteiger partial charge is 0.487 e. The highest BCUT2D eigenvalue weighted by Crippen LogP contribution is 2.48. The highest BCUT2D eigenvalue weighted by molar-refractivity contribution is 5.78. The third-order valence-electron chi connectivity index (χ3n) is 8.56. The monoisotopic (exact) mass is 478 g/mol. The minimum absolute atomic E-state index is 0.0734. The van der Waals surface area contributed by atoms with E-state index in [2.05, 4.69) is 72.1 Å². The molecule has 2 bridgehead atoms. The van der Waals surface area contributed by atoms with Crippen molar-refractivity contribution in [1.29, 1.82) is 0 Å². The molecule has 2 atom stereocenters. The van der Waals surface area contributed by atoms with E-state index in [0.717, 1.165) is 58.1 Å². The fraction of sp³-hybridized carbons (Fsp3) is 0.419. The summed E-state index contributed by atoms with van der Waals surface area (Å²) in [5, 5.41) is 8.38. The zero-order chi connectivity index (χ0) is 24.1. The Bertz CT molecular complexity index is 1380. The summed E-state index contributed by atoms with van der Waals surface area (Å²) in [5.41, 5.74) is 6.69. The molecule has 2 aromatic heterocycles. The van der Waals surface area contributed by atoms with Crippen molar-refractivity contribution in [3.8, 4) is 28.0 Å². The molecule has 3 aliphatic rings. The average Bonchev–Trinajstić information content (AvgIpc) is 3.37. The van der Waals surface area contributed by atoms with Gasteiger partial charge in [-0.1, -0.05) is 43.3 Å². The van der Waals surface area contributed by atoms with E-state index in [4.69, 9.17) is 9.72 Å². The van der Waals surface area contributed by atoms with E-state index in [0.29, 0.717) is 0 Å². The number of ether oxygens (including phenoxy) is 1. The summed E-state index contributed by atoms with van der Waals surface area (Å²) in [6.07, 6.45) is 15.9. The molecule has 2 aromatic carbocycles. The number of aromatic nitrogens is 3. The average molecular weight is 479 g/mol. The van der Waals surface area contributed by atoms with Gasteiger partial charge in [0.25, 0.3) is 0 Å². The van der Waals surface area contributed by atoms with Crippen molar-refractivity contribution < 1.29 is 4.74 Å². The first-order valence-electron chi connectivity index (χ1n) is 13.6. The molecule has 0 amide bonds. The first kappa shape index (κ1) is 22.1. The fourth-order valence-electron chi connectivity index (χ4n) is 6.51. The minimum Gasteiger partial charge on any atom is -0.487 e. The number of nitrogens with zero attached hydrogens (tertiary/aromatic N) is 3. The van der Waals surface area contributed by atoms with Gasteiger partial charge in [0.05, 0.1) is 6.20 Å². The second-order valence-electron chi connectivity index (χ2n) is 11.2. The number of hydrogen-bond acceptors (Lipinski definition) is 4. The molecule has 184 valence electrons. The van der Waals surface area contributed by atoms with Gasteiger partial charge in [-0.05, 0) is 86.1 Å². The quantitative estimate of drug-likeness (QED) is 0.331. The van der Waals surface area contributed by atoms with Crippen molar-refractivity contribution in [3.63, 3.8) is 0 Å². The molecule has 4 heterocycles. The normalized spacial score (nSPS) is 24.2. The lowest BCUT2D eigenvalue weighted by atomic mass is 9.87. The molecule has 2 saturated heterocycles. The topological polar surface area (TPSA) is 51.5 Å². The summed E-state index contributed by atoms with van der Waals surface area (Å²) < 4.78 is 8.47. The minimum atomic E-state index is 0.0734. The Kier molecular flexibility index (Phi) is 5.35. The molecular weight excluding hydrogens is 444 g/mol. The number of hydrogen-bond donors (Lipinski definition) is 1. The molecule has 4 aromatic rings. The summed E-state index contributed by atoms with van der Waals surface area (Å²) >= 11 is 0. The van der Waals surface area contributed by atoms with Crippen molar-refractivity contribution >= 4 is 5.65 Å². The van der Waals surface area contributed by atoms with Crippen LogP contribution in [0.25, 0.3) is 27.9 Å². The number of fused-ring (bicyclic) bond motifs is 3. The van der Waals surface area contributed by atoms with Crippen LogP contribution in [-0.2, 0) is 6.42 Å². The van der Waals surface area contributed by atoms with Gasteiger partial charge in [-0.15, -0.1) is 0 Å². The molecule has 0 spiro atoms. The highest BCUT2D eigenvalue weighted by atomic mass is 16.5. The zero-order valence-corrected chi connectivity index (χ0v) is 21.0. The third kappa shape index (κ3) is 4.20. The second-order valence-corrected chi connectivity index (χ2v) is 11.2. The van der Waals surface area contributed by atoms with Gasteiger partial charge in [-0.3, -0.25) is 0 Å². The lowest BCUT2D eigenvalue weighted by Gasteiger charge is -2.32. The maximum atomic E-state index is 6.59. The molecule has 0 radical (unpaired) electrons. The standard InChI is InChI=1S/C31H34N4O/c1-2-21-4-3-5-24(14-21)29-19-33-35-20-25(18-32-30(29)35)23-6-10-28(11-7-23)36-31(12-13-31)17-22-15-26-8-9-27(16-22)34-26/h3-7,10-11,14,18-20,22,26-27,34H,2,8-9,12-13,15-17H2,1H3. The Morgan fingerprint density at radius 1 is 0.972 bits per heavy atom. The molecule has 2 unspecified atom stereocenters. The molecule has 5 heteroatoms. The van der Waals surface area contributed by atoms with Crippen LogP contribution in [0.4, 0.5) is 0 Å². The second kappa shape index (κ2) is 8.74. The molecule has 36 heavy (non-hydrogen) atoms. The Morgan fingerprint density at radius 2 is 1.78 bits per heavy atom. The van der Waals surface area contributed by atoms with E-state index < -0.39 is 0 Å². The van der Waals surface area contributed by atoms with Gasteiger partial charge in [-0.25, -0.2) is 9.50 Å². The maximum Gasteiger partial charge on any atom is 0.162 e. The molecule has 7 rings (SSSR count). The first-order chi connectivity index (χ1) is 17.7. The van der Waals surface area contributed by atoms with E-state index in [9.17, 15) is 0 Å². The van der Waals surface area contributed by atoms with E-state index in [1.165, 1.54) is 50.5 Å². The molecular formula is C31H34N4O. The lowest BCUT2D eigenvalue weighted by molar-refractivity contribution is 0.125. The van der Waals surface area contributed by atoms with E-state index in [-0.39, 0.29) is 5.60 Å². The predicted octanol–water partition coefficient (Wildman–Crippen LogP) is 6.46. The van der Waals surface area contributed by atoms with Crippen LogP contribution in [0, 0.1) is 5.92 Å². The Labute approximate surface area is 212 Å². The van der Waals surface area contributed by atoms with Crippen LogP contribution in [-0.4, -0.2) is 32.3 Å². The van der Waals surface area contributed by atoms with Crippen molar-refractivity contribution in [2.24, 2.45) is 5.92 Å². The number of aryl methyl sites for hydroxylation is 1. The van der Waals surface area contributed by atoms with Gasteiger partial charge in [0, 0.05) is 35.6 Å². The Morgan fingerprint density at radius 3 is 2.53 bits per heavy atom. The smallest absolute Gasteiger partial charge is 0.162 e. The van der Waals surface area contributed by atoms with Gasteiger partial charge < -0.3 is 10.1 Å². The zero-order valence-electron chi connectivity index (χ0n) is 21.0. The van der Waals surface area contributed by atoms with Crippen LogP contribution in [0.15, 0.2) is 67.1 Å². The molecule has 3 fully saturated rings. The third-order valence-corrected chi connectivity index (χ3v) is 8.56. The van der Waals surface area contributed by atoms with Crippen LogP contribution < -0.4 is 10.1 Å². The maximum absolute atomic E-state index is 6.59. The van der Waals surface area contributed by atoms with Crippen molar-refractivity contribution in [3.05, 3.63) is 72.7 Å². The van der Waals surface area contributed by atoms with Gasteiger partial charge in [0.2, 0.25) is 0 Å². The van der Waals surface area contributed by atoms with E-state index in [1.807, 2.05) is 16.9 Å². The highest BCUT2D eigenvalue weighted by Gasteiger charge is 2.48. The van der Waals surface area contributed by atoms with Crippen LogP contribution >= 0.6 is 0 Å². The van der Waals surface area contributed by atoms with Crippen LogP contribution in [0.2, 0.25) is 0 Å². The van der Waals surface area contributed by atoms with Gasteiger partial charge in [0.15, 0.2) is 5.65 Å². The van der Waals surface area contributed by atoms with Crippen LogP contribution in [0.1, 0.15) is 57.4 Å². The van der Waals surface area contributed by atoms with Gasteiger partial charge in [0.1, 0.15) is 11.4 Å². The number of benzene rings is 2. The van der Waals surface area contributed by atoms with E-state index >= 15 is 0 Å². The lowest BCUT2D eigenvalue weighted by Crippen LogP contribution is -2.39. The number of nitrogens with one attached hydrogen (secondary N) is 1.